The maximum absolute atomic E-state index is 11.9. The van der Waals surface area contributed by atoms with Crippen LogP contribution in [0.15, 0.2) is 29.3 Å². The van der Waals surface area contributed by atoms with Crippen LogP contribution < -0.4 is 33.2 Å². The smallest absolute Gasteiger partial charge is 0.269 e. The lowest BCUT2D eigenvalue weighted by atomic mass is 10.1. The largest absolute Gasteiger partial charge is 0.370 e. The number of nitrogens with one attached hydrogen (secondary N) is 3. The Hall–Kier alpha value is -1.82. The number of benzene rings is 1. The van der Waals surface area contributed by atoms with Crippen molar-refractivity contribution in [2.75, 3.05) is 26.2 Å². The van der Waals surface area contributed by atoms with Gasteiger partial charge in [-0.25, -0.2) is 4.99 Å². The zero-order valence-electron chi connectivity index (χ0n) is 20.0. The molecular weight excluding hydrogens is 517 g/mol. The second kappa shape index (κ2) is 23.9. The van der Waals surface area contributed by atoms with Crippen molar-refractivity contribution in [2.45, 2.75) is 57.6 Å². The average molecular weight is 559 g/mol. The molecule has 0 heterocycles. The standard InChI is InChI=1S/C22H39N7O3.3ClH/c23-13-6-15-26-14-4-5-16-27-20(31)21(32)29-19(30)8-3-1-2-7-17-9-11-18(12-10-17)28-22(24)25;;;/h9-12,21,26,32H,1-8,13-16,23H2,(H,27,31)(H,29,30)(H4,24,25,28);3*1H. The summed E-state index contributed by atoms with van der Waals surface area (Å²) in [6, 6.07) is 7.66. The Bertz CT molecular complexity index is 706. The van der Waals surface area contributed by atoms with Gasteiger partial charge in [0.25, 0.3) is 5.91 Å². The van der Waals surface area contributed by atoms with E-state index in [4.69, 9.17) is 17.2 Å². The Balaban J connectivity index is -0.00000341. The predicted molar refractivity (Wildman–Crippen MR) is 149 cm³/mol. The van der Waals surface area contributed by atoms with E-state index in [2.05, 4.69) is 20.9 Å². The topological polar surface area (TPSA) is 181 Å². The van der Waals surface area contributed by atoms with Crippen molar-refractivity contribution in [3.63, 3.8) is 0 Å². The lowest BCUT2D eigenvalue weighted by molar-refractivity contribution is -0.136. The number of nitrogens with zero attached hydrogens (tertiary/aromatic N) is 1. The third-order valence-electron chi connectivity index (χ3n) is 4.75. The number of aliphatic imine (C=N–C) groups is 1. The van der Waals surface area contributed by atoms with Gasteiger partial charge < -0.3 is 38.3 Å². The Morgan fingerprint density at radius 3 is 2.14 bits per heavy atom. The number of halogens is 3. The summed E-state index contributed by atoms with van der Waals surface area (Å²) >= 11 is 0. The summed E-state index contributed by atoms with van der Waals surface area (Å²) in [5.41, 5.74) is 18.0. The number of nitrogens with two attached hydrogens (primary N) is 3. The minimum atomic E-state index is -1.52. The molecule has 0 aliphatic heterocycles. The maximum Gasteiger partial charge on any atom is 0.269 e. The fourth-order valence-corrected chi connectivity index (χ4v) is 3.00. The number of unbranched alkanes of at least 4 members (excludes halogenated alkanes) is 3. The Labute approximate surface area is 226 Å². The van der Waals surface area contributed by atoms with Gasteiger partial charge in [0.1, 0.15) is 0 Å². The summed E-state index contributed by atoms with van der Waals surface area (Å²) in [6.07, 6.45) is 4.76. The first-order valence-electron chi connectivity index (χ1n) is 11.3. The molecule has 0 fully saturated rings. The minimum absolute atomic E-state index is 0. The summed E-state index contributed by atoms with van der Waals surface area (Å²) in [4.78, 5) is 27.7. The number of amides is 2. The minimum Gasteiger partial charge on any atom is -0.370 e. The Morgan fingerprint density at radius 1 is 0.886 bits per heavy atom. The van der Waals surface area contributed by atoms with Crippen LogP contribution >= 0.6 is 37.2 Å². The summed E-state index contributed by atoms with van der Waals surface area (Å²) in [7, 11) is 0. The maximum atomic E-state index is 11.9. The van der Waals surface area contributed by atoms with Crippen molar-refractivity contribution in [1.82, 2.24) is 16.0 Å². The number of aliphatic hydroxyl groups excluding tert-OH is 1. The zero-order chi connectivity index (χ0) is 23.6. The fraction of sp³-hybridized carbons (Fsp3) is 0.591. The third-order valence-corrected chi connectivity index (χ3v) is 4.75. The lowest BCUT2D eigenvalue weighted by Gasteiger charge is -2.13. The average Bonchev–Trinajstić information content (AvgIpc) is 2.76. The first-order chi connectivity index (χ1) is 15.4. The van der Waals surface area contributed by atoms with Gasteiger partial charge in [-0.2, -0.15) is 0 Å². The van der Waals surface area contributed by atoms with Crippen LogP contribution in [0.5, 0.6) is 0 Å². The van der Waals surface area contributed by atoms with E-state index in [0.717, 1.165) is 51.6 Å². The van der Waals surface area contributed by atoms with E-state index < -0.39 is 12.1 Å². The molecule has 0 bridgehead atoms. The molecular formula is C22H42Cl3N7O3. The van der Waals surface area contributed by atoms with E-state index in [-0.39, 0.29) is 55.5 Å². The van der Waals surface area contributed by atoms with E-state index in [1.54, 1.807) is 0 Å². The van der Waals surface area contributed by atoms with Gasteiger partial charge in [-0.3, -0.25) is 9.59 Å². The SMILES string of the molecule is Cl.Cl.Cl.NCCCNCCCCNC(=O)C(O)NC(=O)CCCCCc1ccc(N=C(N)N)cc1. The molecule has 0 aromatic heterocycles. The Morgan fingerprint density at radius 2 is 1.51 bits per heavy atom. The molecule has 0 saturated heterocycles. The normalized spacial score (nSPS) is 10.6. The highest BCUT2D eigenvalue weighted by Crippen LogP contribution is 2.15. The van der Waals surface area contributed by atoms with Crippen molar-refractivity contribution in [3.8, 4) is 0 Å². The quantitative estimate of drug-likeness (QED) is 0.0649. The van der Waals surface area contributed by atoms with Crippen LogP contribution in [0.2, 0.25) is 0 Å². The monoisotopic (exact) mass is 557 g/mol. The lowest BCUT2D eigenvalue weighted by Crippen LogP contribution is -2.46. The van der Waals surface area contributed by atoms with Gasteiger partial charge in [0.05, 0.1) is 5.69 Å². The molecule has 1 rings (SSSR count). The zero-order valence-corrected chi connectivity index (χ0v) is 22.5. The van der Waals surface area contributed by atoms with Crippen molar-refractivity contribution in [2.24, 2.45) is 22.2 Å². The van der Waals surface area contributed by atoms with Crippen LogP contribution in [-0.4, -0.2) is 55.3 Å². The van der Waals surface area contributed by atoms with E-state index in [0.29, 0.717) is 25.2 Å². The van der Waals surface area contributed by atoms with Gasteiger partial charge in [-0.05, 0) is 75.9 Å². The molecule has 0 aliphatic rings. The van der Waals surface area contributed by atoms with Crippen molar-refractivity contribution < 1.29 is 14.7 Å². The molecule has 2 amide bonds. The highest BCUT2D eigenvalue weighted by molar-refractivity contribution is 5.86. The van der Waals surface area contributed by atoms with E-state index in [1.165, 1.54) is 5.56 Å². The van der Waals surface area contributed by atoms with Gasteiger partial charge >= 0.3 is 0 Å². The molecule has 0 aliphatic carbocycles. The summed E-state index contributed by atoms with van der Waals surface area (Å²) < 4.78 is 0. The molecule has 0 radical (unpaired) electrons. The van der Waals surface area contributed by atoms with Crippen LogP contribution in [0, 0.1) is 0 Å². The van der Waals surface area contributed by atoms with Crippen molar-refractivity contribution in [1.29, 1.82) is 0 Å². The van der Waals surface area contributed by atoms with Crippen LogP contribution in [0.1, 0.15) is 50.5 Å². The molecule has 10 nitrogen and oxygen atoms in total. The van der Waals surface area contributed by atoms with E-state index >= 15 is 0 Å². The van der Waals surface area contributed by atoms with Gasteiger partial charge in [0, 0.05) is 13.0 Å². The number of aliphatic hydroxyl groups is 1. The molecule has 0 spiro atoms. The summed E-state index contributed by atoms with van der Waals surface area (Å²) in [5, 5.41) is 18.0. The Kier molecular flexibility index (Phi) is 25.8. The molecule has 1 aromatic carbocycles. The number of hydrogen-bond acceptors (Lipinski definition) is 6. The van der Waals surface area contributed by atoms with Crippen molar-refractivity contribution in [3.05, 3.63) is 29.8 Å². The van der Waals surface area contributed by atoms with E-state index in [1.807, 2.05) is 24.3 Å². The van der Waals surface area contributed by atoms with Gasteiger partial charge in [-0.15, -0.1) is 37.2 Å². The number of carbonyl (C=O) groups excluding carboxylic acids is 2. The van der Waals surface area contributed by atoms with Crippen LogP contribution in [0.25, 0.3) is 0 Å². The number of carbonyl (C=O) groups is 2. The molecule has 35 heavy (non-hydrogen) atoms. The second-order valence-corrected chi connectivity index (χ2v) is 7.62. The van der Waals surface area contributed by atoms with E-state index in [9.17, 15) is 14.7 Å². The van der Waals surface area contributed by atoms with Gasteiger partial charge in [-0.1, -0.05) is 18.6 Å². The summed E-state index contributed by atoms with van der Waals surface area (Å²) in [5.74, 6) is -0.891. The molecule has 1 unspecified atom stereocenters. The molecule has 13 heteroatoms. The number of hydrogen-bond donors (Lipinski definition) is 7. The highest BCUT2D eigenvalue weighted by atomic mass is 35.5. The first kappa shape index (κ1) is 37.7. The predicted octanol–water partition coefficient (Wildman–Crippen LogP) is 1.23. The van der Waals surface area contributed by atoms with Crippen LogP contribution in [-0.2, 0) is 16.0 Å². The van der Waals surface area contributed by atoms with Crippen LogP contribution in [0.4, 0.5) is 5.69 Å². The molecule has 1 atom stereocenters. The van der Waals surface area contributed by atoms with Gasteiger partial charge in [0.2, 0.25) is 12.1 Å². The number of guanidine groups is 1. The van der Waals surface area contributed by atoms with Crippen molar-refractivity contribution >= 4 is 60.7 Å². The van der Waals surface area contributed by atoms with Gasteiger partial charge in [0.15, 0.2) is 5.96 Å². The number of aryl methyl sites for hydroxylation is 1. The molecule has 204 valence electrons. The summed E-state index contributed by atoms with van der Waals surface area (Å²) in [6.45, 7) is 2.88. The fourth-order valence-electron chi connectivity index (χ4n) is 3.00. The molecule has 10 N–H and O–H groups in total. The molecule has 0 saturated carbocycles. The first-order valence-corrected chi connectivity index (χ1v) is 11.3. The molecule has 1 aromatic rings. The highest BCUT2D eigenvalue weighted by Gasteiger charge is 2.16. The third kappa shape index (κ3) is 20.1. The van der Waals surface area contributed by atoms with Crippen LogP contribution in [0.3, 0.4) is 0 Å². The second-order valence-electron chi connectivity index (χ2n) is 7.62. The number of rotatable bonds is 17.